The van der Waals surface area contributed by atoms with Crippen LogP contribution >= 0.6 is 0 Å². The second kappa shape index (κ2) is 5.85. The smallest absolute Gasteiger partial charge is 0.338 e. The highest BCUT2D eigenvalue weighted by molar-refractivity contribution is 7.88. The highest BCUT2D eigenvalue weighted by atomic mass is 32.2. The predicted molar refractivity (Wildman–Crippen MR) is 69.1 cm³/mol. The van der Waals surface area contributed by atoms with Crippen molar-refractivity contribution in [2.75, 3.05) is 30.4 Å². The van der Waals surface area contributed by atoms with Gasteiger partial charge < -0.3 is 16.2 Å². The summed E-state index contributed by atoms with van der Waals surface area (Å²) >= 11 is 0. The number of aromatic carboxylic acids is 1. The number of sulfonamides is 1. The molecule has 0 saturated heterocycles. The first-order valence-electron chi connectivity index (χ1n) is 5.21. The second-order valence-corrected chi connectivity index (χ2v) is 5.65. The molecule has 1 aromatic carbocycles. The van der Waals surface area contributed by atoms with Crippen LogP contribution in [0.4, 0.5) is 15.8 Å². The molecule has 0 amide bonds. The lowest BCUT2D eigenvalue weighted by molar-refractivity contribution is 0.0692. The molecular formula is C10H14FN3O4S. The van der Waals surface area contributed by atoms with Crippen LogP contribution < -0.4 is 15.8 Å². The fourth-order valence-electron chi connectivity index (χ4n) is 1.34. The number of carboxylic acids is 1. The van der Waals surface area contributed by atoms with E-state index >= 15 is 0 Å². The molecule has 0 aliphatic rings. The van der Waals surface area contributed by atoms with Gasteiger partial charge in [-0.1, -0.05) is 0 Å². The maximum Gasteiger partial charge on any atom is 0.338 e. The van der Waals surface area contributed by atoms with E-state index in [-0.39, 0.29) is 24.5 Å². The van der Waals surface area contributed by atoms with Gasteiger partial charge in [0.1, 0.15) is 5.82 Å². The summed E-state index contributed by atoms with van der Waals surface area (Å²) in [6, 6.07) is 1.96. The number of carboxylic acid groups (broad SMARTS) is 1. The van der Waals surface area contributed by atoms with Crippen LogP contribution in [0.1, 0.15) is 10.4 Å². The third-order valence-electron chi connectivity index (χ3n) is 2.17. The number of rotatable bonds is 6. The Morgan fingerprint density at radius 2 is 2.05 bits per heavy atom. The number of nitrogens with one attached hydrogen (secondary N) is 2. The molecule has 0 aliphatic carbocycles. The van der Waals surface area contributed by atoms with E-state index in [1.54, 1.807) is 0 Å². The zero-order valence-corrected chi connectivity index (χ0v) is 10.9. The average Bonchev–Trinajstić information content (AvgIpc) is 2.26. The highest BCUT2D eigenvalue weighted by Gasteiger charge is 2.13. The SMILES string of the molecule is CS(=O)(=O)NCCNc1cc(F)c(C(=O)O)cc1N. The van der Waals surface area contributed by atoms with Crippen LogP contribution in [-0.2, 0) is 10.0 Å². The molecule has 0 saturated carbocycles. The Kier molecular flexibility index (Phi) is 4.67. The minimum Gasteiger partial charge on any atom is -0.478 e. The van der Waals surface area contributed by atoms with Crippen molar-refractivity contribution in [3.63, 3.8) is 0 Å². The van der Waals surface area contributed by atoms with Crippen LogP contribution in [0.2, 0.25) is 0 Å². The molecule has 1 aromatic rings. The predicted octanol–water partition coefficient (Wildman–Crippen LogP) is 0.0672. The van der Waals surface area contributed by atoms with E-state index < -0.39 is 27.4 Å². The molecule has 0 heterocycles. The van der Waals surface area contributed by atoms with Crippen molar-refractivity contribution in [2.45, 2.75) is 0 Å². The van der Waals surface area contributed by atoms with Crippen LogP contribution in [0.15, 0.2) is 12.1 Å². The summed E-state index contributed by atoms with van der Waals surface area (Å²) in [5.41, 5.74) is 5.32. The first kappa shape index (κ1) is 15.2. The van der Waals surface area contributed by atoms with Gasteiger partial charge in [-0.25, -0.2) is 22.3 Å². The van der Waals surface area contributed by atoms with Gasteiger partial charge in [0.05, 0.1) is 23.2 Å². The van der Waals surface area contributed by atoms with Crippen molar-refractivity contribution >= 4 is 27.4 Å². The van der Waals surface area contributed by atoms with E-state index in [4.69, 9.17) is 10.8 Å². The number of nitrogen functional groups attached to an aromatic ring is 1. The van der Waals surface area contributed by atoms with Crippen molar-refractivity contribution in [1.29, 1.82) is 0 Å². The Labute approximate surface area is 109 Å². The summed E-state index contributed by atoms with van der Waals surface area (Å²) in [5, 5.41) is 11.4. The Morgan fingerprint density at radius 3 is 2.58 bits per heavy atom. The van der Waals surface area contributed by atoms with Crippen LogP contribution in [0.25, 0.3) is 0 Å². The monoisotopic (exact) mass is 291 g/mol. The van der Waals surface area contributed by atoms with Gasteiger partial charge in [-0.2, -0.15) is 0 Å². The molecular weight excluding hydrogens is 277 g/mol. The van der Waals surface area contributed by atoms with E-state index in [9.17, 15) is 17.6 Å². The molecule has 106 valence electrons. The third-order valence-corrected chi connectivity index (χ3v) is 2.90. The summed E-state index contributed by atoms with van der Waals surface area (Å²) in [6.45, 7) is 0.281. The van der Waals surface area contributed by atoms with Crippen LogP contribution in [0, 0.1) is 5.82 Å². The molecule has 0 atom stereocenters. The first-order valence-corrected chi connectivity index (χ1v) is 7.10. The topological polar surface area (TPSA) is 122 Å². The van der Waals surface area contributed by atoms with Crippen molar-refractivity contribution in [2.24, 2.45) is 0 Å². The molecule has 9 heteroatoms. The number of hydrogen-bond acceptors (Lipinski definition) is 5. The first-order chi connectivity index (χ1) is 8.70. The average molecular weight is 291 g/mol. The molecule has 7 nitrogen and oxygen atoms in total. The zero-order chi connectivity index (χ0) is 14.6. The van der Waals surface area contributed by atoms with Crippen LogP contribution in [0.5, 0.6) is 0 Å². The lowest BCUT2D eigenvalue weighted by Crippen LogP contribution is -2.27. The molecule has 0 spiro atoms. The number of halogens is 1. The van der Waals surface area contributed by atoms with E-state index in [1.807, 2.05) is 0 Å². The zero-order valence-electron chi connectivity index (χ0n) is 10.1. The molecule has 0 fully saturated rings. The minimum absolute atomic E-state index is 0.0677. The summed E-state index contributed by atoms with van der Waals surface area (Å²) in [7, 11) is -3.29. The molecule has 1 rings (SSSR count). The van der Waals surface area contributed by atoms with Crippen LogP contribution in [0.3, 0.4) is 0 Å². The molecule has 0 aromatic heterocycles. The van der Waals surface area contributed by atoms with E-state index in [1.165, 1.54) is 0 Å². The van der Waals surface area contributed by atoms with Crippen molar-refractivity contribution in [3.8, 4) is 0 Å². The van der Waals surface area contributed by atoms with Gasteiger partial charge in [-0.15, -0.1) is 0 Å². The normalized spacial score (nSPS) is 11.3. The molecule has 0 radical (unpaired) electrons. The molecule has 0 aliphatic heterocycles. The van der Waals surface area contributed by atoms with E-state index in [2.05, 4.69) is 10.0 Å². The van der Waals surface area contributed by atoms with Crippen molar-refractivity contribution in [1.82, 2.24) is 4.72 Å². The lowest BCUT2D eigenvalue weighted by Gasteiger charge is -2.10. The summed E-state index contributed by atoms with van der Waals surface area (Å²) in [6.07, 6.45) is 1.02. The summed E-state index contributed by atoms with van der Waals surface area (Å²) in [5.74, 6) is -2.32. The Bertz CT molecular complexity index is 589. The van der Waals surface area contributed by atoms with Crippen molar-refractivity contribution in [3.05, 3.63) is 23.5 Å². The number of nitrogens with two attached hydrogens (primary N) is 1. The maximum absolute atomic E-state index is 13.4. The number of anilines is 2. The molecule has 0 bridgehead atoms. The lowest BCUT2D eigenvalue weighted by atomic mass is 10.1. The number of hydrogen-bond donors (Lipinski definition) is 4. The van der Waals surface area contributed by atoms with Gasteiger partial charge in [0.2, 0.25) is 10.0 Å². The summed E-state index contributed by atoms with van der Waals surface area (Å²) < 4.78 is 37.2. The fraction of sp³-hybridized carbons (Fsp3) is 0.300. The van der Waals surface area contributed by atoms with E-state index in [0.717, 1.165) is 18.4 Å². The Hall–Kier alpha value is -1.87. The van der Waals surface area contributed by atoms with Gasteiger partial charge in [0, 0.05) is 13.1 Å². The summed E-state index contributed by atoms with van der Waals surface area (Å²) in [4.78, 5) is 10.7. The molecule has 5 N–H and O–H groups in total. The number of carbonyl (C=O) groups is 1. The quantitative estimate of drug-likeness (QED) is 0.434. The van der Waals surface area contributed by atoms with Gasteiger partial charge in [0.15, 0.2) is 0 Å². The third kappa shape index (κ3) is 4.72. The highest BCUT2D eigenvalue weighted by Crippen LogP contribution is 2.22. The van der Waals surface area contributed by atoms with Gasteiger partial charge >= 0.3 is 5.97 Å². The molecule has 0 unspecified atom stereocenters. The Balaban J connectivity index is 2.70. The second-order valence-electron chi connectivity index (χ2n) is 3.82. The van der Waals surface area contributed by atoms with Gasteiger partial charge in [-0.3, -0.25) is 0 Å². The minimum atomic E-state index is -3.29. The van der Waals surface area contributed by atoms with Gasteiger partial charge in [-0.05, 0) is 12.1 Å². The van der Waals surface area contributed by atoms with E-state index in [0.29, 0.717) is 0 Å². The largest absolute Gasteiger partial charge is 0.478 e. The van der Waals surface area contributed by atoms with Crippen LogP contribution in [-0.4, -0.2) is 38.8 Å². The Morgan fingerprint density at radius 1 is 1.42 bits per heavy atom. The van der Waals surface area contributed by atoms with Gasteiger partial charge in [0.25, 0.3) is 0 Å². The maximum atomic E-state index is 13.4. The van der Waals surface area contributed by atoms with Crippen molar-refractivity contribution < 1.29 is 22.7 Å². The number of benzene rings is 1. The molecule has 19 heavy (non-hydrogen) atoms. The fourth-order valence-corrected chi connectivity index (χ4v) is 1.81. The standard InChI is InChI=1S/C10H14FN3O4S/c1-19(17,18)14-3-2-13-9-5-7(11)6(10(15)16)4-8(9)12/h4-5,13-14H,2-3,12H2,1H3,(H,15,16).